The Bertz CT molecular complexity index is 3440. The number of para-hydroxylation sites is 3. The van der Waals surface area contributed by atoms with E-state index in [1.54, 1.807) is 0 Å². The normalized spacial score (nSPS) is 12.8. The Kier molecular flexibility index (Phi) is 8.20. The van der Waals surface area contributed by atoms with E-state index in [1.807, 2.05) is 0 Å². The van der Waals surface area contributed by atoms with Crippen LogP contribution in [-0.4, -0.2) is 0 Å². The smallest absolute Gasteiger partial charge is 0.143 e. The predicted molar refractivity (Wildman–Crippen MR) is 261 cm³/mol. The second kappa shape index (κ2) is 14.1. The third kappa shape index (κ3) is 5.66. The van der Waals surface area contributed by atoms with Crippen molar-refractivity contribution in [2.24, 2.45) is 0 Å². The van der Waals surface area contributed by atoms with Crippen LogP contribution in [0.1, 0.15) is 25.0 Å². The summed E-state index contributed by atoms with van der Waals surface area (Å²) >= 11 is 0. The Labute approximate surface area is 361 Å². The van der Waals surface area contributed by atoms with E-state index in [4.69, 9.17) is 4.42 Å². The zero-order chi connectivity index (χ0) is 41.4. The number of rotatable bonds is 7. The predicted octanol–water partition coefficient (Wildman–Crippen LogP) is 16.8. The Balaban J connectivity index is 0.970. The molecule has 294 valence electrons. The molecule has 0 unspecified atom stereocenters. The maximum Gasteiger partial charge on any atom is 0.143 e. The molecule has 0 fully saturated rings. The molecule has 1 aliphatic rings. The molecule has 0 saturated carbocycles. The van der Waals surface area contributed by atoms with E-state index in [0.717, 1.165) is 72.6 Å². The minimum atomic E-state index is -0.107. The fourth-order valence-electron chi connectivity index (χ4n) is 10.0. The Morgan fingerprint density at radius 2 is 0.839 bits per heavy atom. The topological polar surface area (TPSA) is 19.6 Å². The summed E-state index contributed by atoms with van der Waals surface area (Å²) in [6.45, 7) is 4.68. The first-order chi connectivity index (χ1) is 30.5. The number of benzene rings is 10. The molecule has 0 atom stereocenters. The highest BCUT2D eigenvalue weighted by Gasteiger charge is 2.35. The quantitative estimate of drug-likeness (QED) is 0.150. The minimum absolute atomic E-state index is 0.107. The van der Waals surface area contributed by atoms with Gasteiger partial charge in [-0.05, 0) is 134 Å². The van der Waals surface area contributed by atoms with Crippen molar-refractivity contribution in [3.63, 3.8) is 0 Å². The van der Waals surface area contributed by atoms with Crippen molar-refractivity contribution < 1.29 is 4.42 Å². The van der Waals surface area contributed by atoms with Crippen LogP contribution in [0.15, 0.2) is 223 Å². The van der Waals surface area contributed by atoms with Crippen molar-refractivity contribution in [2.45, 2.75) is 19.3 Å². The lowest BCUT2D eigenvalue weighted by Gasteiger charge is -2.28. The number of furan rings is 1. The van der Waals surface area contributed by atoms with Gasteiger partial charge in [-0.15, -0.1) is 0 Å². The monoisotopic (exact) mass is 794 g/mol. The lowest BCUT2D eigenvalue weighted by atomic mass is 9.82. The fraction of sp³-hybridized carbons (Fsp3) is 0.0508. The Morgan fingerprint density at radius 1 is 0.339 bits per heavy atom. The van der Waals surface area contributed by atoms with Gasteiger partial charge in [-0.25, -0.2) is 0 Å². The lowest BCUT2D eigenvalue weighted by molar-refractivity contribution is 0.660. The summed E-state index contributed by atoms with van der Waals surface area (Å²) in [6, 6.07) is 78.8. The van der Waals surface area contributed by atoms with E-state index >= 15 is 0 Å². The van der Waals surface area contributed by atoms with E-state index in [0.29, 0.717) is 0 Å². The maximum atomic E-state index is 7.03. The Hall–Kier alpha value is -7.88. The first kappa shape index (κ1) is 36.0. The number of fused-ring (bicyclic) bond motifs is 11. The second-order valence-corrected chi connectivity index (χ2v) is 16.9. The summed E-state index contributed by atoms with van der Waals surface area (Å²) in [5.74, 6) is 0. The van der Waals surface area contributed by atoms with E-state index in [1.165, 1.54) is 38.4 Å². The number of nitrogens with zero attached hydrogens (tertiary/aromatic N) is 2. The number of anilines is 6. The maximum absolute atomic E-state index is 7.03. The van der Waals surface area contributed by atoms with Gasteiger partial charge in [0.05, 0.1) is 0 Å². The van der Waals surface area contributed by atoms with Gasteiger partial charge in [0.25, 0.3) is 0 Å². The van der Waals surface area contributed by atoms with Crippen molar-refractivity contribution in [3.8, 4) is 22.3 Å². The first-order valence-electron chi connectivity index (χ1n) is 21.4. The van der Waals surface area contributed by atoms with E-state index < -0.39 is 0 Å². The van der Waals surface area contributed by atoms with Crippen LogP contribution in [0.5, 0.6) is 0 Å². The molecule has 12 rings (SSSR count). The summed E-state index contributed by atoms with van der Waals surface area (Å²) in [7, 11) is 0. The molecule has 0 aliphatic heterocycles. The summed E-state index contributed by atoms with van der Waals surface area (Å²) < 4.78 is 7.03. The largest absolute Gasteiger partial charge is 0.455 e. The van der Waals surface area contributed by atoms with Crippen molar-refractivity contribution >= 4 is 77.6 Å². The molecule has 0 N–H and O–H groups in total. The SMILES string of the molecule is CC1(C)c2ccccc2-c2ccc(N(c3ccccc3)c3ccc4c(c3)oc3c5ccc(-c6ccc(N(c7ccccc7)c7ccccc7)cc6)cc5c5ccccc5c43)cc21. The minimum Gasteiger partial charge on any atom is -0.455 e. The second-order valence-electron chi connectivity index (χ2n) is 16.9. The zero-order valence-corrected chi connectivity index (χ0v) is 34.6. The number of hydrogen-bond acceptors (Lipinski definition) is 3. The van der Waals surface area contributed by atoms with Gasteiger partial charge in [-0.3, -0.25) is 0 Å². The third-order valence-electron chi connectivity index (χ3n) is 13.0. The molecule has 0 amide bonds. The summed E-state index contributed by atoms with van der Waals surface area (Å²) in [5.41, 5.74) is 16.0. The molecule has 1 aliphatic carbocycles. The van der Waals surface area contributed by atoms with Crippen molar-refractivity contribution in [1.82, 2.24) is 0 Å². The summed E-state index contributed by atoms with van der Waals surface area (Å²) in [5, 5.41) is 6.95. The van der Waals surface area contributed by atoms with Crippen LogP contribution >= 0.6 is 0 Å². The van der Waals surface area contributed by atoms with E-state index in [2.05, 4.69) is 242 Å². The standard InChI is InChI=1S/C59H42N2O/c1-59(2)54-25-15-14-23-48(54)49-34-31-45(37-55(49)59)61(43-20-10-5-11-21-43)46-32-35-52-56(38-46)62-58-51-33-28-40(36-53(51)47-22-12-13-24-50(47)57(52)58)39-26-29-44(30-27-39)60(41-16-6-3-7-17-41)42-18-8-4-9-19-42/h3-38H,1-2H3. The highest BCUT2D eigenvalue weighted by molar-refractivity contribution is 6.30. The van der Waals surface area contributed by atoms with Crippen LogP contribution in [0.2, 0.25) is 0 Å². The van der Waals surface area contributed by atoms with Gasteiger partial charge in [0.15, 0.2) is 0 Å². The molecule has 3 nitrogen and oxygen atoms in total. The highest BCUT2D eigenvalue weighted by Crippen LogP contribution is 2.51. The molecule has 0 spiro atoms. The molecule has 3 heteroatoms. The molecular formula is C59H42N2O. The fourth-order valence-corrected chi connectivity index (χ4v) is 10.0. The van der Waals surface area contributed by atoms with Gasteiger partial charge >= 0.3 is 0 Å². The molecule has 62 heavy (non-hydrogen) atoms. The van der Waals surface area contributed by atoms with E-state index in [-0.39, 0.29) is 5.41 Å². The molecule has 0 bridgehead atoms. The number of hydrogen-bond donors (Lipinski definition) is 0. The van der Waals surface area contributed by atoms with Gasteiger partial charge in [-0.1, -0.05) is 141 Å². The average Bonchev–Trinajstić information content (AvgIpc) is 3.82. The molecule has 0 saturated heterocycles. The van der Waals surface area contributed by atoms with Crippen molar-refractivity contribution in [3.05, 3.63) is 230 Å². The third-order valence-corrected chi connectivity index (χ3v) is 13.0. The van der Waals surface area contributed by atoms with Crippen LogP contribution in [0.25, 0.3) is 65.7 Å². The van der Waals surface area contributed by atoms with Crippen molar-refractivity contribution in [2.75, 3.05) is 9.80 Å². The van der Waals surface area contributed by atoms with Crippen LogP contribution < -0.4 is 9.80 Å². The van der Waals surface area contributed by atoms with Crippen LogP contribution in [0.3, 0.4) is 0 Å². The molecule has 11 aromatic rings. The van der Waals surface area contributed by atoms with Gasteiger partial charge in [0.1, 0.15) is 11.2 Å². The van der Waals surface area contributed by atoms with Crippen molar-refractivity contribution in [1.29, 1.82) is 0 Å². The van der Waals surface area contributed by atoms with Gasteiger partial charge in [0.2, 0.25) is 0 Å². The van der Waals surface area contributed by atoms with Crippen LogP contribution in [-0.2, 0) is 5.41 Å². The first-order valence-corrected chi connectivity index (χ1v) is 21.4. The van der Waals surface area contributed by atoms with Gasteiger partial charge in [-0.2, -0.15) is 0 Å². The summed E-state index contributed by atoms with van der Waals surface area (Å²) in [6.07, 6.45) is 0. The zero-order valence-electron chi connectivity index (χ0n) is 34.6. The van der Waals surface area contributed by atoms with E-state index in [9.17, 15) is 0 Å². The highest BCUT2D eigenvalue weighted by atomic mass is 16.3. The molecule has 0 radical (unpaired) electrons. The van der Waals surface area contributed by atoms with Gasteiger partial charge < -0.3 is 14.2 Å². The molecule has 10 aromatic carbocycles. The van der Waals surface area contributed by atoms with Crippen LogP contribution in [0, 0.1) is 0 Å². The molecule has 1 aromatic heterocycles. The molecular weight excluding hydrogens is 753 g/mol. The average molecular weight is 795 g/mol. The summed E-state index contributed by atoms with van der Waals surface area (Å²) in [4.78, 5) is 4.66. The van der Waals surface area contributed by atoms with Crippen LogP contribution in [0.4, 0.5) is 34.1 Å². The Morgan fingerprint density at radius 3 is 1.53 bits per heavy atom. The van der Waals surface area contributed by atoms with Gasteiger partial charge in [0, 0.05) is 61.8 Å². The molecule has 1 heterocycles. The lowest BCUT2D eigenvalue weighted by Crippen LogP contribution is -2.16.